The number of aliphatic hydroxyl groups is 1. The van der Waals surface area contributed by atoms with E-state index in [1.807, 2.05) is 7.05 Å². The van der Waals surface area contributed by atoms with Crippen LogP contribution in [0, 0.1) is 13.8 Å². The van der Waals surface area contributed by atoms with Crippen molar-refractivity contribution in [2.45, 2.75) is 19.9 Å². The molecule has 2 nitrogen and oxygen atoms in total. The monoisotopic (exact) mass is 239 g/mol. The number of hydrogen-bond donors (Lipinski definition) is 2. The van der Waals surface area contributed by atoms with Gasteiger partial charge in [-0.05, 0) is 26.5 Å². The van der Waals surface area contributed by atoms with E-state index in [0.29, 0.717) is 6.04 Å². The fraction of sp³-hybridized carbons (Fsp3) is 0.538. The Kier molecular flexibility index (Phi) is 5.88. The van der Waals surface area contributed by atoms with Gasteiger partial charge in [-0.15, -0.1) is 0 Å². The minimum Gasteiger partial charge on any atom is -0.396 e. The standard InChI is InChI=1S/C13H21NOS/c1-10-6-11(2)8-12(7-10)13(14-3)9-16-5-4-15/h6-8,13-15H,4-5,9H2,1-3H3. The molecule has 0 fully saturated rings. The Labute approximate surface area is 102 Å². The molecule has 1 aromatic rings. The molecule has 0 amide bonds. The van der Waals surface area contributed by atoms with Crippen molar-refractivity contribution in [2.75, 3.05) is 25.2 Å². The lowest BCUT2D eigenvalue weighted by atomic mass is 10.0. The largest absolute Gasteiger partial charge is 0.396 e. The first-order valence-electron chi connectivity index (χ1n) is 5.61. The molecule has 0 saturated heterocycles. The van der Waals surface area contributed by atoms with E-state index in [0.717, 1.165) is 11.5 Å². The summed E-state index contributed by atoms with van der Waals surface area (Å²) in [6.07, 6.45) is 0. The SMILES string of the molecule is CNC(CSCCO)c1cc(C)cc(C)c1. The highest BCUT2D eigenvalue weighted by molar-refractivity contribution is 7.99. The first-order valence-corrected chi connectivity index (χ1v) is 6.77. The van der Waals surface area contributed by atoms with Crippen molar-refractivity contribution in [2.24, 2.45) is 0 Å². The first kappa shape index (κ1) is 13.6. The molecule has 3 heteroatoms. The number of benzene rings is 1. The van der Waals surface area contributed by atoms with E-state index in [1.165, 1.54) is 16.7 Å². The summed E-state index contributed by atoms with van der Waals surface area (Å²) in [7, 11) is 1.99. The van der Waals surface area contributed by atoms with E-state index in [9.17, 15) is 0 Å². The number of aryl methyl sites for hydroxylation is 2. The van der Waals surface area contributed by atoms with Crippen LogP contribution in [0.25, 0.3) is 0 Å². The van der Waals surface area contributed by atoms with Gasteiger partial charge in [-0.25, -0.2) is 0 Å². The summed E-state index contributed by atoms with van der Waals surface area (Å²) in [6, 6.07) is 7.02. The van der Waals surface area contributed by atoms with Gasteiger partial charge in [-0.1, -0.05) is 29.3 Å². The van der Waals surface area contributed by atoms with Crippen molar-refractivity contribution in [3.05, 3.63) is 34.9 Å². The van der Waals surface area contributed by atoms with Crippen LogP contribution in [0.2, 0.25) is 0 Å². The summed E-state index contributed by atoms with van der Waals surface area (Å²) < 4.78 is 0. The molecule has 1 unspecified atom stereocenters. The summed E-state index contributed by atoms with van der Waals surface area (Å²) >= 11 is 1.78. The van der Waals surface area contributed by atoms with E-state index in [2.05, 4.69) is 37.4 Å². The predicted octanol–water partition coefficient (Wildman–Crippen LogP) is 2.29. The fourth-order valence-corrected chi connectivity index (χ4v) is 2.71. The molecule has 0 aliphatic rings. The quantitative estimate of drug-likeness (QED) is 0.747. The normalized spacial score (nSPS) is 12.8. The number of nitrogens with one attached hydrogen (secondary N) is 1. The van der Waals surface area contributed by atoms with Gasteiger partial charge in [0.25, 0.3) is 0 Å². The average molecular weight is 239 g/mol. The minimum absolute atomic E-state index is 0.258. The van der Waals surface area contributed by atoms with Gasteiger partial charge in [0.1, 0.15) is 0 Å². The molecule has 0 aromatic heterocycles. The van der Waals surface area contributed by atoms with Crippen LogP contribution in [0.1, 0.15) is 22.7 Å². The highest BCUT2D eigenvalue weighted by atomic mass is 32.2. The Morgan fingerprint density at radius 3 is 2.38 bits per heavy atom. The Hall–Kier alpha value is -0.510. The molecule has 16 heavy (non-hydrogen) atoms. The van der Waals surface area contributed by atoms with Crippen molar-refractivity contribution >= 4 is 11.8 Å². The Morgan fingerprint density at radius 1 is 1.25 bits per heavy atom. The summed E-state index contributed by atoms with van der Waals surface area (Å²) in [6.45, 7) is 4.52. The lowest BCUT2D eigenvalue weighted by Crippen LogP contribution is -2.19. The molecule has 0 spiro atoms. The lowest BCUT2D eigenvalue weighted by Gasteiger charge is -2.17. The molecule has 2 N–H and O–H groups in total. The molecular weight excluding hydrogens is 218 g/mol. The van der Waals surface area contributed by atoms with E-state index >= 15 is 0 Å². The second-order valence-corrected chi connectivity index (χ2v) is 5.21. The van der Waals surface area contributed by atoms with Gasteiger partial charge in [-0.2, -0.15) is 11.8 Å². The Balaban J connectivity index is 2.70. The topological polar surface area (TPSA) is 32.3 Å². The van der Waals surface area contributed by atoms with Gasteiger partial charge in [0.15, 0.2) is 0 Å². The summed E-state index contributed by atoms with van der Waals surface area (Å²) in [5, 5.41) is 12.1. The van der Waals surface area contributed by atoms with E-state index < -0.39 is 0 Å². The number of thioether (sulfide) groups is 1. The van der Waals surface area contributed by atoms with Crippen molar-refractivity contribution in [3.63, 3.8) is 0 Å². The van der Waals surface area contributed by atoms with Crippen LogP contribution < -0.4 is 5.32 Å². The molecule has 0 heterocycles. The second-order valence-electron chi connectivity index (χ2n) is 4.06. The first-order chi connectivity index (χ1) is 7.67. The van der Waals surface area contributed by atoms with Crippen LogP contribution in [0.3, 0.4) is 0 Å². The highest BCUT2D eigenvalue weighted by Crippen LogP contribution is 2.20. The zero-order chi connectivity index (χ0) is 12.0. The van der Waals surface area contributed by atoms with Crippen LogP contribution in [0.4, 0.5) is 0 Å². The third-order valence-corrected chi connectivity index (χ3v) is 3.56. The zero-order valence-electron chi connectivity index (χ0n) is 10.3. The smallest absolute Gasteiger partial charge is 0.0521 e. The maximum Gasteiger partial charge on any atom is 0.0521 e. The molecular formula is C13H21NOS. The maximum absolute atomic E-state index is 8.77. The third kappa shape index (κ3) is 4.16. The molecule has 0 saturated carbocycles. The summed E-state index contributed by atoms with van der Waals surface area (Å²) in [4.78, 5) is 0. The van der Waals surface area contributed by atoms with Crippen LogP contribution >= 0.6 is 11.8 Å². The molecule has 0 radical (unpaired) electrons. The van der Waals surface area contributed by atoms with Gasteiger partial charge in [0.2, 0.25) is 0 Å². The van der Waals surface area contributed by atoms with Crippen LogP contribution in [0.5, 0.6) is 0 Å². The van der Waals surface area contributed by atoms with Gasteiger partial charge >= 0.3 is 0 Å². The Bertz CT molecular complexity index is 307. The van der Waals surface area contributed by atoms with Crippen molar-refractivity contribution in [1.82, 2.24) is 5.32 Å². The molecule has 0 aliphatic heterocycles. The Morgan fingerprint density at radius 2 is 1.88 bits per heavy atom. The van der Waals surface area contributed by atoms with Gasteiger partial charge < -0.3 is 10.4 Å². The van der Waals surface area contributed by atoms with Crippen molar-refractivity contribution in [1.29, 1.82) is 0 Å². The van der Waals surface area contributed by atoms with Gasteiger partial charge in [0.05, 0.1) is 6.61 Å². The van der Waals surface area contributed by atoms with Crippen LogP contribution in [-0.4, -0.2) is 30.3 Å². The van der Waals surface area contributed by atoms with E-state index in [-0.39, 0.29) is 6.61 Å². The summed E-state index contributed by atoms with van der Waals surface area (Å²) in [5.74, 6) is 1.81. The summed E-state index contributed by atoms with van der Waals surface area (Å²) in [5.41, 5.74) is 3.95. The molecule has 0 aliphatic carbocycles. The van der Waals surface area contributed by atoms with Crippen molar-refractivity contribution in [3.8, 4) is 0 Å². The molecule has 1 atom stereocenters. The average Bonchev–Trinajstić information content (AvgIpc) is 2.23. The molecule has 90 valence electrons. The number of aliphatic hydroxyl groups excluding tert-OH is 1. The fourth-order valence-electron chi connectivity index (χ4n) is 1.82. The molecule has 1 rings (SSSR count). The minimum atomic E-state index is 0.258. The predicted molar refractivity (Wildman–Crippen MR) is 72.1 cm³/mol. The highest BCUT2D eigenvalue weighted by Gasteiger charge is 2.09. The van der Waals surface area contributed by atoms with Crippen LogP contribution in [0.15, 0.2) is 18.2 Å². The maximum atomic E-state index is 8.77. The van der Waals surface area contributed by atoms with Gasteiger partial charge in [-0.3, -0.25) is 0 Å². The number of hydrogen-bond acceptors (Lipinski definition) is 3. The number of rotatable bonds is 6. The van der Waals surface area contributed by atoms with Crippen LogP contribution in [-0.2, 0) is 0 Å². The lowest BCUT2D eigenvalue weighted by molar-refractivity contribution is 0.322. The van der Waals surface area contributed by atoms with E-state index in [1.54, 1.807) is 11.8 Å². The zero-order valence-corrected chi connectivity index (χ0v) is 11.1. The molecule has 1 aromatic carbocycles. The second kappa shape index (κ2) is 6.94. The van der Waals surface area contributed by atoms with Crippen molar-refractivity contribution < 1.29 is 5.11 Å². The molecule has 0 bridgehead atoms. The van der Waals surface area contributed by atoms with E-state index in [4.69, 9.17) is 5.11 Å². The van der Waals surface area contributed by atoms with Gasteiger partial charge in [0, 0.05) is 17.5 Å². The third-order valence-electron chi connectivity index (χ3n) is 2.51.